The summed E-state index contributed by atoms with van der Waals surface area (Å²) in [5.41, 5.74) is 4.59. The van der Waals surface area contributed by atoms with E-state index in [1.807, 2.05) is 48.5 Å². The van der Waals surface area contributed by atoms with E-state index in [-0.39, 0.29) is 18.0 Å². The van der Waals surface area contributed by atoms with E-state index in [4.69, 9.17) is 11.6 Å². The van der Waals surface area contributed by atoms with Gasteiger partial charge in [-0.2, -0.15) is 0 Å². The number of aliphatic hydroxyl groups excluding tert-OH is 1. The Hall–Kier alpha value is -2.99. The Balaban J connectivity index is 1.34. The number of carbonyl (C=O) groups excluding carboxylic acids is 1. The van der Waals surface area contributed by atoms with Crippen molar-refractivity contribution in [3.63, 3.8) is 0 Å². The molecule has 1 fully saturated rings. The number of hydrogen-bond acceptors (Lipinski definition) is 4. The standard InChI is InChI=1S/C27H28ClN3O2/c1-18-14-24(30-25(18)26(32)21-9-11-23(28)12-10-21)15-19-5-7-22(8-6-19)27(33)31(2)17-20-4-3-13-29-16-20/h3-13,16,24-26,30,32H,1,14-15,17H2,2H3. The molecule has 5 nitrogen and oxygen atoms in total. The van der Waals surface area contributed by atoms with Gasteiger partial charge in [-0.3, -0.25) is 9.78 Å². The number of hydrogen-bond donors (Lipinski definition) is 2. The van der Waals surface area contributed by atoms with Gasteiger partial charge in [-0.15, -0.1) is 0 Å². The third-order valence-electron chi connectivity index (χ3n) is 6.06. The summed E-state index contributed by atoms with van der Waals surface area (Å²) in [6.07, 6.45) is 4.41. The van der Waals surface area contributed by atoms with Gasteiger partial charge in [-0.1, -0.05) is 54.1 Å². The van der Waals surface area contributed by atoms with Crippen molar-refractivity contribution in [2.75, 3.05) is 7.05 Å². The van der Waals surface area contributed by atoms with Gasteiger partial charge in [0.25, 0.3) is 5.91 Å². The highest BCUT2D eigenvalue weighted by molar-refractivity contribution is 6.30. The minimum atomic E-state index is -0.671. The molecule has 1 aliphatic rings. The van der Waals surface area contributed by atoms with Crippen LogP contribution in [0.5, 0.6) is 0 Å². The van der Waals surface area contributed by atoms with Gasteiger partial charge in [0.1, 0.15) is 0 Å². The van der Waals surface area contributed by atoms with Crippen molar-refractivity contribution in [1.29, 1.82) is 0 Å². The van der Waals surface area contributed by atoms with Crippen LogP contribution in [0.3, 0.4) is 0 Å². The van der Waals surface area contributed by atoms with Crippen LogP contribution in [-0.2, 0) is 13.0 Å². The van der Waals surface area contributed by atoms with Crippen molar-refractivity contribution in [1.82, 2.24) is 15.2 Å². The fourth-order valence-corrected chi connectivity index (χ4v) is 4.42. The third kappa shape index (κ3) is 5.69. The second-order valence-corrected chi connectivity index (χ2v) is 9.06. The number of aliphatic hydroxyl groups is 1. The van der Waals surface area contributed by atoms with E-state index in [1.165, 1.54) is 0 Å². The molecule has 1 saturated heterocycles. The highest BCUT2D eigenvalue weighted by Gasteiger charge is 2.33. The number of halogens is 1. The Morgan fingerprint density at radius 1 is 1.18 bits per heavy atom. The number of amides is 1. The van der Waals surface area contributed by atoms with Crippen LogP contribution in [0.25, 0.3) is 0 Å². The van der Waals surface area contributed by atoms with E-state index in [0.29, 0.717) is 17.1 Å². The van der Waals surface area contributed by atoms with Gasteiger partial charge in [-0.25, -0.2) is 0 Å². The largest absolute Gasteiger partial charge is 0.386 e. The number of benzene rings is 2. The van der Waals surface area contributed by atoms with Crippen molar-refractivity contribution in [2.24, 2.45) is 0 Å². The molecular formula is C27H28ClN3O2. The molecule has 1 amide bonds. The molecular weight excluding hydrogens is 434 g/mol. The normalized spacial score (nSPS) is 18.8. The lowest BCUT2D eigenvalue weighted by Gasteiger charge is -2.21. The molecule has 6 heteroatoms. The molecule has 1 aliphatic heterocycles. The van der Waals surface area contributed by atoms with Gasteiger partial charge < -0.3 is 15.3 Å². The zero-order valence-corrected chi connectivity index (χ0v) is 19.4. The second-order valence-electron chi connectivity index (χ2n) is 8.62. The molecule has 2 heterocycles. The number of carbonyl (C=O) groups is 1. The topological polar surface area (TPSA) is 65.5 Å². The van der Waals surface area contributed by atoms with E-state index in [9.17, 15) is 9.90 Å². The Morgan fingerprint density at radius 2 is 1.91 bits per heavy atom. The van der Waals surface area contributed by atoms with Crippen LogP contribution in [-0.4, -0.2) is 40.0 Å². The number of pyridine rings is 1. The predicted molar refractivity (Wildman–Crippen MR) is 131 cm³/mol. The molecule has 1 aromatic heterocycles. The van der Waals surface area contributed by atoms with Gasteiger partial charge in [-0.05, 0) is 59.9 Å². The van der Waals surface area contributed by atoms with E-state index in [1.54, 1.807) is 36.5 Å². The van der Waals surface area contributed by atoms with Crippen LogP contribution >= 0.6 is 11.6 Å². The molecule has 3 atom stereocenters. The number of rotatable bonds is 7. The molecule has 2 aromatic carbocycles. The lowest BCUT2D eigenvalue weighted by molar-refractivity contribution is 0.0785. The molecule has 170 valence electrons. The minimum Gasteiger partial charge on any atom is -0.386 e. The molecule has 4 rings (SSSR count). The lowest BCUT2D eigenvalue weighted by Crippen LogP contribution is -2.35. The van der Waals surface area contributed by atoms with E-state index in [0.717, 1.165) is 35.1 Å². The Morgan fingerprint density at radius 3 is 2.58 bits per heavy atom. The molecule has 2 N–H and O–H groups in total. The SMILES string of the molecule is C=C1CC(Cc2ccc(C(=O)N(C)Cc3cccnc3)cc2)NC1C(O)c1ccc(Cl)cc1. The van der Waals surface area contributed by atoms with Gasteiger partial charge in [0.2, 0.25) is 0 Å². The molecule has 33 heavy (non-hydrogen) atoms. The summed E-state index contributed by atoms with van der Waals surface area (Å²) in [7, 11) is 1.80. The van der Waals surface area contributed by atoms with Crippen LogP contribution in [0, 0.1) is 0 Å². The van der Waals surface area contributed by atoms with Crippen molar-refractivity contribution in [2.45, 2.75) is 37.6 Å². The third-order valence-corrected chi connectivity index (χ3v) is 6.32. The number of nitrogens with one attached hydrogen (secondary N) is 1. The summed E-state index contributed by atoms with van der Waals surface area (Å²) in [6, 6.07) is 18.8. The molecule has 0 bridgehead atoms. The second kappa shape index (κ2) is 10.3. The first-order valence-electron chi connectivity index (χ1n) is 11.0. The van der Waals surface area contributed by atoms with Crippen molar-refractivity contribution < 1.29 is 9.90 Å². The molecule has 0 spiro atoms. The monoisotopic (exact) mass is 461 g/mol. The van der Waals surface area contributed by atoms with Crippen LogP contribution in [0.15, 0.2) is 85.2 Å². The first-order valence-corrected chi connectivity index (χ1v) is 11.4. The highest BCUT2D eigenvalue weighted by atomic mass is 35.5. The molecule has 0 radical (unpaired) electrons. The quantitative estimate of drug-likeness (QED) is 0.506. The van der Waals surface area contributed by atoms with Crippen LogP contribution in [0.1, 0.15) is 39.6 Å². The summed E-state index contributed by atoms with van der Waals surface area (Å²) in [4.78, 5) is 18.6. The Labute approximate surface area is 199 Å². The summed E-state index contributed by atoms with van der Waals surface area (Å²) in [5.74, 6) is -0.0241. The summed E-state index contributed by atoms with van der Waals surface area (Å²) < 4.78 is 0. The molecule has 3 unspecified atom stereocenters. The van der Waals surface area contributed by atoms with Gasteiger partial charge in [0.05, 0.1) is 12.1 Å². The zero-order chi connectivity index (χ0) is 23.4. The Bertz CT molecular complexity index is 1100. The lowest BCUT2D eigenvalue weighted by atomic mass is 9.97. The predicted octanol–water partition coefficient (Wildman–Crippen LogP) is 4.57. The van der Waals surface area contributed by atoms with Gasteiger partial charge in [0.15, 0.2) is 0 Å². The maximum Gasteiger partial charge on any atom is 0.253 e. The minimum absolute atomic E-state index is 0.0241. The summed E-state index contributed by atoms with van der Waals surface area (Å²) in [5, 5.41) is 15.0. The summed E-state index contributed by atoms with van der Waals surface area (Å²) >= 11 is 5.96. The first kappa shape index (κ1) is 23.2. The van der Waals surface area contributed by atoms with E-state index < -0.39 is 6.10 Å². The maximum absolute atomic E-state index is 12.8. The summed E-state index contributed by atoms with van der Waals surface area (Å²) in [6.45, 7) is 4.69. The Kier molecular flexibility index (Phi) is 7.23. The molecule has 3 aromatic rings. The smallest absolute Gasteiger partial charge is 0.253 e. The highest BCUT2D eigenvalue weighted by Crippen LogP contribution is 2.30. The van der Waals surface area contributed by atoms with Crippen molar-refractivity contribution in [3.8, 4) is 0 Å². The van der Waals surface area contributed by atoms with Crippen LogP contribution < -0.4 is 5.32 Å². The van der Waals surface area contributed by atoms with Crippen molar-refractivity contribution in [3.05, 3.63) is 112 Å². The molecule has 0 aliphatic carbocycles. The number of aromatic nitrogens is 1. The van der Waals surface area contributed by atoms with E-state index >= 15 is 0 Å². The first-order chi connectivity index (χ1) is 15.9. The van der Waals surface area contributed by atoms with Gasteiger partial charge >= 0.3 is 0 Å². The number of nitrogens with zero attached hydrogens (tertiary/aromatic N) is 2. The van der Waals surface area contributed by atoms with Crippen LogP contribution in [0.2, 0.25) is 5.02 Å². The average molecular weight is 462 g/mol. The van der Waals surface area contributed by atoms with E-state index in [2.05, 4.69) is 16.9 Å². The molecule has 0 saturated carbocycles. The van der Waals surface area contributed by atoms with Crippen LogP contribution in [0.4, 0.5) is 0 Å². The fourth-order valence-electron chi connectivity index (χ4n) is 4.30. The fraction of sp³-hybridized carbons (Fsp3) is 0.259. The average Bonchev–Trinajstić information content (AvgIpc) is 3.19. The maximum atomic E-state index is 12.8. The zero-order valence-electron chi connectivity index (χ0n) is 18.6. The van der Waals surface area contributed by atoms with Crippen molar-refractivity contribution >= 4 is 17.5 Å². The van der Waals surface area contributed by atoms with Gasteiger partial charge in [0, 0.05) is 42.6 Å².